The summed E-state index contributed by atoms with van der Waals surface area (Å²) in [5, 5.41) is 12.1. The first-order valence-corrected chi connectivity index (χ1v) is 11.6. The van der Waals surface area contributed by atoms with E-state index >= 15 is 0 Å². The molecule has 148 valence electrons. The molecule has 0 aromatic heterocycles. The molecule has 26 heavy (non-hydrogen) atoms. The highest BCUT2D eigenvalue weighted by Gasteiger charge is 2.50. The molecule has 2 N–H and O–H groups in total. The maximum Gasteiger partial charge on any atom is 0.329 e. The van der Waals surface area contributed by atoms with Gasteiger partial charge in [0, 0.05) is 14.1 Å². The van der Waals surface area contributed by atoms with Gasteiger partial charge in [-0.25, -0.2) is 25.9 Å². The number of carboxylic acid groups (broad SMARTS) is 1. The average Bonchev–Trinajstić information content (AvgIpc) is 2.98. The van der Waals surface area contributed by atoms with E-state index in [1.807, 2.05) is 0 Å². The minimum atomic E-state index is -3.70. The first-order chi connectivity index (χ1) is 11.8. The number of sulfone groups is 1. The summed E-state index contributed by atoms with van der Waals surface area (Å²) >= 11 is 0. The summed E-state index contributed by atoms with van der Waals surface area (Å²) in [4.78, 5) is 24.7. The van der Waals surface area contributed by atoms with Crippen LogP contribution in [0.1, 0.15) is 25.7 Å². The van der Waals surface area contributed by atoms with Gasteiger partial charge in [-0.1, -0.05) is 12.2 Å². The van der Waals surface area contributed by atoms with E-state index in [0.717, 1.165) is 4.31 Å². The second kappa shape index (κ2) is 6.93. The summed E-state index contributed by atoms with van der Waals surface area (Å²) in [5.41, 5.74) is -2.98. The van der Waals surface area contributed by atoms with Gasteiger partial charge >= 0.3 is 5.97 Å². The molecule has 2 aliphatic rings. The number of hydrogen-bond donors (Lipinski definition) is 2. The van der Waals surface area contributed by atoms with E-state index in [1.54, 1.807) is 12.2 Å². The number of aliphatic carboxylic acids is 1. The van der Waals surface area contributed by atoms with Crippen molar-refractivity contribution in [3.63, 3.8) is 0 Å². The van der Waals surface area contributed by atoms with Gasteiger partial charge in [0.15, 0.2) is 9.84 Å². The van der Waals surface area contributed by atoms with Crippen LogP contribution in [0.3, 0.4) is 0 Å². The number of hydrogen-bond acceptors (Lipinski definition) is 6. The molecule has 0 saturated carbocycles. The van der Waals surface area contributed by atoms with Gasteiger partial charge in [-0.15, -0.1) is 0 Å². The summed E-state index contributed by atoms with van der Waals surface area (Å²) in [7, 11) is -4.28. The lowest BCUT2D eigenvalue weighted by Crippen LogP contribution is -2.61. The van der Waals surface area contributed by atoms with E-state index in [2.05, 4.69) is 5.32 Å². The monoisotopic (exact) mass is 408 g/mol. The summed E-state index contributed by atoms with van der Waals surface area (Å²) < 4.78 is 48.9. The lowest BCUT2D eigenvalue weighted by molar-refractivity contribution is -0.149. The second-order valence-corrected chi connectivity index (χ2v) is 11.7. The lowest BCUT2D eigenvalue weighted by atomic mass is 9.83. The van der Waals surface area contributed by atoms with Crippen molar-refractivity contribution in [2.75, 3.05) is 31.4 Å². The molecular weight excluding hydrogens is 384 g/mol. The fourth-order valence-corrected chi connectivity index (χ4v) is 6.02. The maximum atomic E-state index is 13.0. The highest BCUT2D eigenvalue weighted by molar-refractivity contribution is 7.91. The molecular formula is C15H24N2O7S2. The van der Waals surface area contributed by atoms with Gasteiger partial charge in [0.1, 0.15) is 5.54 Å². The Morgan fingerprint density at radius 2 is 1.65 bits per heavy atom. The van der Waals surface area contributed by atoms with Crippen LogP contribution >= 0.6 is 0 Å². The van der Waals surface area contributed by atoms with Crippen LogP contribution in [0.25, 0.3) is 0 Å². The predicted octanol–water partition coefficient (Wildman–Crippen LogP) is -0.638. The van der Waals surface area contributed by atoms with Crippen LogP contribution in [0, 0.1) is 5.41 Å². The maximum absolute atomic E-state index is 13.0. The van der Waals surface area contributed by atoms with Crippen LogP contribution in [-0.4, -0.2) is 75.0 Å². The molecule has 0 bridgehead atoms. The number of carbonyl (C=O) groups excluding carboxylic acids is 1. The van der Waals surface area contributed by atoms with Crippen LogP contribution in [0.5, 0.6) is 0 Å². The Hall–Kier alpha value is -1.46. The van der Waals surface area contributed by atoms with Crippen molar-refractivity contribution >= 4 is 31.7 Å². The molecule has 1 saturated heterocycles. The number of carbonyl (C=O) groups is 2. The smallest absolute Gasteiger partial charge is 0.329 e. The molecule has 1 amide bonds. The topological polar surface area (TPSA) is 138 Å². The summed E-state index contributed by atoms with van der Waals surface area (Å²) in [6.45, 7) is 0. The minimum absolute atomic E-state index is 0.180. The van der Waals surface area contributed by atoms with Crippen molar-refractivity contribution in [2.45, 2.75) is 31.2 Å². The van der Waals surface area contributed by atoms with Crippen molar-refractivity contribution < 1.29 is 31.5 Å². The van der Waals surface area contributed by atoms with Crippen molar-refractivity contribution in [3.8, 4) is 0 Å². The molecule has 9 nitrogen and oxygen atoms in total. The SMILES string of the molecule is CN(C)S(=O)(=O)CC1(C(=O)NC2(C(=O)O)CCS(=O)(=O)CC2)CC=CC1. The van der Waals surface area contributed by atoms with Crippen molar-refractivity contribution in [1.82, 2.24) is 9.62 Å². The van der Waals surface area contributed by atoms with Gasteiger partial charge in [0.25, 0.3) is 0 Å². The van der Waals surface area contributed by atoms with Crippen LogP contribution in [0.4, 0.5) is 0 Å². The third-order valence-electron chi connectivity index (χ3n) is 5.12. The number of rotatable bonds is 6. The summed E-state index contributed by atoms with van der Waals surface area (Å²) in [6.07, 6.45) is 3.29. The van der Waals surface area contributed by atoms with E-state index in [4.69, 9.17) is 0 Å². The average molecular weight is 408 g/mol. The molecule has 0 atom stereocenters. The highest BCUT2D eigenvalue weighted by Crippen LogP contribution is 2.37. The Morgan fingerprint density at radius 3 is 2.08 bits per heavy atom. The van der Waals surface area contributed by atoms with E-state index in [-0.39, 0.29) is 37.2 Å². The number of carboxylic acids is 1. The fraction of sp³-hybridized carbons (Fsp3) is 0.733. The molecule has 0 spiro atoms. The zero-order chi connectivity index (χ0) is 19.8. The van der Waals surface area contributed by atoms with Gasteiger partial charge in [-0.2, -0.15) is 0 Å². The molecule has 1 heterocycles. The third kappa shape index (κ3) is 4.09. The van der Waals surface area contributed by atoms with Gasteiger partial charge in [0.2, 0.25) is 15.9 Å². The van der Waals surface area contributed by atoms with Gasteiger partial charge < -0.3 is 10.4 Å². The molecule has 1 aliphatic carbocycles. The molecule has 1 fully saturated rings. The van der Waals surface area contributed by atoms with Gasteiger partial charge in [-0.05, 0) is 25.7 Å². The molecule has 11 heteroatoms. The first-order valence-electron chi connectivity index (χ1n) is 8.16. The Balaban J connectivity index is 2.28. The van der Waals surface area contributed by atoms with E-state index in [9.17, 15) is 31.5 Å². The van der Waals surface area contributed by atoms with Crippen LogP contribution < -0.4 is 5.32 Å². The Bertz CT molecular complexity index is 806. The molecule has 0 radical (unpaired) electrons. The van der Waals surface area contributed by atoms with Crippen molar-refractivity contribution in [1.29, 1.82) is 0 Å². The van der Waals surface area contributed by atoms with Crippen molar-refractivity contribution in [3.05, 3.63) is 12.2 Å². The summed E-state index contributed by atoms with van der Waals surface area (Å²) in [6, 6.07) is 0. The number of nitrogens with zero attached hydrogens (tertiary/aromatic N) is 1. The van der Waals surface area contributed by atoms with Crippen LogP contribution in [0.15, 0.2) is 12.2 Å². The standard InChI is InChI=1S/C15H24N2O7S2/c1-17(2)26(23,24)11-14(5-3-4-6-14)12(18)16-15(13(19)20)7-9-25(21,22)10-8-15/h3-4H,5-11H2,1-2H3,(H,16,18)(H,19,20). The highest BCUT2D eigenvalue weighted by atomic mass is 32.2. The third-order valence-corrected chi connectivity index (χ3v) is 8.80. The van der Waals surface area contributed by atoms with E-state index < -0.39 is 48.4 Å². The molecule has 0 aromatic rings. The Morgan fingerprint density at radius 1 is 1.15 bits per heavy atom. The second-order valence-electron chi connectivity index (χ2n) is 7.19. The number of allylic oxidation sites excluding steroid dienone is 2. The largest absolute Gasteiger partial charge is 0.480 e. The van der Waals surface area contributed by atoms with Crippen LogP contribution in [0.2, 0.25) is 0 Å². The number of nitrogens with one attached hydrogen (secondary N) is 1. The molecule has 2 rings (SSSR count). The molecule has 1 aliphatic heterocycles. The normalized spacial score (nSPS) is 23.7. The number of amides is 1. The van der Waals surface area contributed by atoms with Gasteiger partial charge in [-0.3, -0.25) is 4.79 Å². The minimum Gasteiger partial charge on any atom is -0.480 e. The summed E-state index contributed by atoms with van der Waals surface area (Å²) in [5.74, 6) is -3.09. The zero-order valence-electron chi connectivity index (χ0n) is 14.8. The lowest BCUT2D eigenvalue weighted by Gasteiger charge is -2.38. The quantitative estimate of drug-likeness (QED) is 0.558. The van der Waals surface area contributed by atoms with Gasteiger partial charge in [0.05, 0.1) is 22.7 Å². The molecule has 0 unspecified atom stereocenters. The predicted molar refractivity (Wildman–Crippen MR) is 94.7 cm³/mol. The van der Waals surface area contributed by atoms with E-state index in [0.29, 0.717) is 0 Å². The zero-order valence-corrected chi connectivity index (χ0v) is 16.4. The fourth-order valence-electron chi connectivity index (χ4n) is 3.18. The first kappa shape index (κ1) is 20.8. The molecule has 0 aromatic carbocycles. The Labute approximate surface area is 153 Å². The van der Waals surface area contributed by atoms with Crippen molar-refractivity contribution in [2.24, 2.45) is 5.41 Å². The number of sulfonamides is 1. The van der Waals surface area contributed by atoms with E-state index in [1.165, 1.54) is 14.1 Å². The Kier molecular flexibility index (Phi) is 5.56. The van der Waals surface area contributed by atoms with Crippen LogP contribution in [-0.2, 0) is 29.4 Å².